The maximum atomic E-state index is 13.9. The van der Waals surface area contributed by atoms with Crippen LogP contribution in [0.25, 0.3) is 10.6 Å². The fourth-order valence-corrected chi connectivity index (χ4v) is 3.24. The second kappa shape index (κ2) is 7.53. The summed E-state index contributed by atoms with van der Waals surface area (Å²) >= 11 is 1.05. The molecule has 1 heterocycles. The Morgan fingerprint density at radius 3 is 2.62 bits per heavy atom. The van der Waals surface area contributed by atoms with Crippen LogP contribution in [0.5, 0.6) is 0 Å². The van der Waals surface area contributed by atoms with Crippen LogP contribution in [-0.2, 0) is 4.79 Å². The third kappa shape index (κ3) is 3.79. The van der Waals surface area contributed by atoms with Crippen molar-refractivity contribution in [1.29, 1.82) is 0 Å². The molecular weight excluding hydrogens is 331 g/mol. The van der Waals surface area contributed by atoms with Crippen LogP contribution in [0.2, 0.25) is 0 Å². The highest BCUT2D eigenvalue weighted by atomic mass is 32.1. The predicted molar refractivity (Wildman–Crippen MR) is 90.6 cm³/mol. The summed E-state index contributed by atoms with van der Waals surface area (Å²) in [5.74, 6) is -2.19. The van der Waals surface area contributed by atoms with Crippen molar-refractivity contribution < 1.29 is 19.1 Å². The number of thiazole rings is 1. The number of carbonyl (C=O) groups is 2. The number of hydrogen-bond donors (Lipinski definition) is 2. The number of nitrogens with zero attached hydrogens (tertiary/aromatic N) is 1. The van der Waals surface area contributed by atoms with E-state index in [1.165, 1.54) is 6.07 Å². The lowest BCUT2D eigenvalue weighted by molar-refractivity contribution is -0.140. The number of aromatic nitrogens is 1. The molecule has 0 aliphatic rings. The molecule has 0 saturated carbocycles. The zero-order valence-corrected chi connectivity index (χ0v) is 14.5. The Kier molecular flexibility index (Phi) is 5.66. The Hall–Kier alpha value is -2.28. The first-order valence-electron chi connectivity index (χ1n) is 7.61. The molecule has 1 aromatic heterocycles. The van der Waals surface area contributed by atoms with Gasteiger partial charge in [0.1, 0.15) is 21.7 Å². The molecule has 0 radical (unpaired) electrons. The second-order valence-electron chi connectivity index (χ2n) is 5.59. The fraction of sp³-hybridized carbons (Fsp3) is 0.353. The highest BCUT2D eigenvalue weighted by Crippen LogP contribution is 2.29. The number of carbonyl (C=O) groups excluding carboxylic acids is 1. The molecule has 0 bridgehead atoms. The molecule has 0 fully saturated rings. The van der Waals surface area contributed by atoms with E-state index < -0.39 is 23.7 Å². The van der Waals surface area contributed by atoms with Gasteiger partial charge in [0.25, 0.3) is 5.91 Å². The summed E-state index contributed by atoms with van der Waals surface area (Å²) in [6.07, 6.45) is 0.624. The maximum Gasteiger partial charge on any atom is 0.326 e. The number of halogens is 1. The van der Waals surface area contributed by atoms with Gasteiger partial charge in [-0.1, -0.05) is 32.4 Å². The molecule has 0 aliphatic heterocycles. The van der Waals surface area contributed by atoms with E-state index >= 15 is 0 Å². The van der Waals surface area contributed by atoms with Crippen LogP contribution in [0.1, 0.15) is 35.6 Å². The number of amides is 1. The zero-order chi connectivity index (χ0) is 17.9. The maximum absolute atomic E-state index is 13.9. The summed E-state index contributed by atoms with van der Waals surface area (Å²) in [6, 6.07) is 5.22. The Morgan fingerprint density at radius 1 is 1.38 bits per heavy atom. The van der Waals surface area contributed by atoms with Crippen molar-refractivity contribution in [2.75, 3.05) is 0 Å². The van der Waals surface area contributed by atoms with Crippen LogP contribution in [0, 0.1) is 18.7 Å². The molecule has 24 heavy (non-hydrogen) atoms. The van der Waals surface area contributed by atoms with Gasteiger partial charge >= 0.3 is 5.97 Å². The quantitative estimate of drug-likeness (QED) is 0.836. The first kappa shape index (κ1) is 18.1. The monoisotopic (exact) mass is 350 g/mol. The van der Waals surface area contributed by atoms with Gasteiger partial charge in [0.05, 0.1) is 5.69 Å². The van der Waals surface area contributed by atoms with Gasteiger partial charge in [-0.15, -0.1) is 11.3 Å². The van der Waals surface area contributed by atoms with E-state index in [0.29, 0.717) is 27.6 Å². The number of hydrogen-bond acceptors (Lipinski definition) is 4. The lowest BCUT2D eigenvalue weighted by Gasteiger charge is -2.19. The van der Waals surface area contributed by atoms with Crippen LogP contribution in [-0.4, -0.2) is 28.0 Å². The molecular formula is C17H19FN2O3S. The van der Waals surface area contributed by atoms with Crippen LogP contribution >= 0.6 is 11.3 Å². The topological polar surface area (TPSA) is 79.3 Å². The summed E-state index contributed by atoms with van der Waals surface area (Å²) in [4.78, 5) is 28.3. The van der Waals surface area contributed by atoms with Gasteiger partial charge in [0.15, 0.2) is 0 Å². The van der Waals surface area contributed by atoms with Crippen molar-refractivity contribution in [2.24, 2.45) is 5.92 Å². The average molecular weight is 350 g/mol. The Bertz CT molecular complexity index is 760. The third-order valence-corrected chi connectivity index (χ3v) is 5.06. The van der Waals surface area contributed by atoms with Gasteiger partial charge in [-0.25, -0.2) is 14.2 Å². The third-order valence-electron chi connectivity index (χ3n) is 3.87. The molecule has 2 unspecified atom stereocenters. The van der Waals surface area contributed by atoms with Gasteiger partial charge in [-0.05, 0) is 25.0 Å². The molecule has 1 amide bonds. The molecule has 2 aromatic rings. The SMILES string of the molecule is CCC(C)C(NC(=O)c1sc(-c2ccccc2F)nc1C)C(=O)O. The average Bonchev–Trinajstić information content (AvgIpc) is 2.93. The van der Waals surface area contributed by atoms with Crippen LogP contribution < -0.4 is 5.32 Å². The van der Waals surface area contributed by atoms with Crippen molar-refractivity contribution >= 4 is 23.2 Å². The highest BCUT2D eigenvalue weighted by Gasteiger charge is 2.27. The molecule has 0 saturated heterocycles. The minimum atomic E-state index is -1.07. The Balaban J connectivity index is 2.28. The number of rotatable bonds is 6. The fourth-order valence-electron chi connectivity index (χ4n) is 2.25. The van der Waals surface area contributed by atoms with E-state index in [1.807, 2.05) is 6.92 Å². The molecule has 2 N–H and O–H groups in total. The highest BCUT2D eigenvalue weighted by molar-refractivity contribution is 7.17. The molecule has 0 spiro atoms. The smallest absolute Gasteiger partial charge is 0.326 e. The Labute approximate surface area is 143 Å². The molecule has 128 valence electrons. The lowest BCUT2D eigenvalue weighted by atomic mass is 9.99. The largest absolute Gasteiger partial charge is 0.480 e. The minimum absolute atomic E-state index is 0.203. The van der Waals surface area contributed by atoms with E-state index in [2.05, 4.69) is 10.3 Å². The van der Waals surface area contributed by atoms with Crippen LogP contribution in [0.15, 0.2) is 24.3 Å². The van der Waals surface area contributed by atoms with Crippen molar-refractivity contribution in [2.45, 2.75) is 33.2 Å². The molecule has 2 rings (SSSR count). The van der Waals surface area contributed by atoms with Gasteiger partial charge in [-0.3, -0.25) is 4.79 Å². The van der Waals surface area contributed by atoms with Gasteiger partial charge in [0.2, 0.25) is 0 Å². The van der Waals surface area contributed by atoms with E-state index in [-0.39, 0.29) is 5.92 Å². The lowest BCUT2D eigenvalue weighted by Crippen LogP contribution is -2.44. The van der Waals surface area contributed by atoms with Crippen LogP contribution in [0.3, 0.4) is 0 Å². The first-order valence-corrected chi connectivity index (χ1v) is 8.42. The second-order valence-corrected chi connectivity index (χ2v) is 6.59. The number of aliphatic carboxylic acids is 1. The van der Waals surface area contributed by atoms with Crippen molar-refractivity contribution in [1.82, 2.24) is 10.3 Å². The predicted octanol–water partition coefficient (Wildman–Crippen LogP) is 3.49. The van der Waals surface area contributed by atoms with E-state index in [1.54, 1.807) is 32.0 Å². The van der Waals surface area contributed by atoms with Gasteiger partial charge in [0, 0.05) is 5.56 Å². The summed E-state index contributed by atoms with van der Waals surface area (Å²) in [5.41, 5.74) is 0.769. The van der Waals surface area contributed by atoms with E-state index in [0.717, 1.165) is 11.3 Å². The van der Waals surface area contributed by atoms with Gasteiger partial charge < -0.3 is 10.4 Å². The van der Waals surface area contributed by atoms with Crippen molar-refractivity contribution in [3.8, 4) is 10.6 Å². The number of benzene rings is 1. The first-order chi connectivity index (χ1) is 11.3. The van der Waals surface area contributed by atoms with Crippen molar-refractivity contribution in [3.05, 3.63) is 40.7 Å². The minimum Gasteiger partial charge on any atom is -0.480 e. The van der Waals surface area contributed by atoms with E-state index in [4.69, 9.17) is 0 Å². The van der Waals surface area contributed by atoms with E-state index in [9.17, 15) is 19.1 Å². The molecule has 2 atom stereocenters. The number of aryl methyl sites for hydroxylation is 1. The number of carboxylic acids is 1. The standard InChI is InChI=1S/C17H19FN2O3S/c1-4-9(2)13(17(22)23)20-15(21)14-10(3)19-16(24-14)11-7-5-6-8-12(11)18/h5-9,13H,4H2,1-3H3,(H,20,21)(H,22,23). The molecule has 0 aliphatic carbocycles. The van der Waals surface area contributed by atoms with Crippen LogP contribution in [0.4, 0.5) is 4.39 Å². The molecule has 1 aromatic carbocycles. The summed E-state index contributed by atoms with van der Waals surface area (Å²) in [6.45, 7) is 5.28. The Morgan fingerprint density at radius 2 is 2.04 bits per heavy atom. The normalized spacial score (nSPS) is 13.3. The zero-order valence-electron chi connectivity index (χ0n) is 13.7. The van der Waals surface area contributed by atoms with Gasteiger partial charge in [-0.2, -0.15) is 0 Å². The molecule has 5 nitrogen and oxygen atoms in total. The number of carboxylic acid groups (broad SMARTS) is 1. The van der Waals surface area contributed by atoms with Crippen molar-refractivity contribution in [3.63, 3.8) is 0 Å². The molecule has 7 heteroatoms. The summed E-state index contributed by atoms with van der Waals surface area (Å²) in [5, 5.41) is 12.2. The summed E-state index contributed by atoms with van der Waals surface area (Å²) < 4.78 is 13.9. The summed E-state index contributed by atoms with van der Waals surface area (Å²) in [7, 11) is 0. The number of nitrogens with one attached hydrogen (secondary N) is 1.